The molecule has 3 aromatic rings. The predicted molar refractivity (Wildman–Crippen MR) is 141 cm³/mol. The van der Waals surface area contributed by atoms with E-state index >= 15 is 0 Å². The SMILES string of the molecule is CCCN(C(=O)OCOP(=O)(O)O)C(=O)c1cn2ncnc(Nc3cc(C(=O)NC4CC4)ccc3C)c2c1C.[HH]. The number of hydrogen-bond acceptors (Lipinski definition) is 9. The third-order valence-electron chi connectivity index (χ3n) is 6.04. The molecule has 1 aromatic carbocycles. The topological polar surface area (TPSA) is 185 Å². The van der Waals surface area contributed by atoms with Crippen molar-refractivity contribution in [3.05, 3.63) is 53.0 Å². The van der Waals surface area contributed by atoms with Gasteiger partial charge in [-0.2, -0.15) is 5.10 Å². The molecule has 1 fully saturated rings. The van der Waals surface area contributed by atoms with E-state index in [2.05, 4.69) is 25.2 Å². The first kappa shape index (κ1) is 28.2. The van der Waals surface area contributed by atoms with Crippen LogP contribution in [0.4, 0.5) is 16.3 Å². The fraction of sp³-hybridized carbons (Fsp3) is 0.375. The third-order valence-corrected chi connectivity index (χ3v) is 6.48. The van der Waals surface area contributed by atoms with Crippen molar-refractivity contribution in [2.24, 2.45) is 0 Å². The predicted octanol–water partition coefficient (Wildman–Crippen LogP) is 3.28. The summed E-state index contributed by atoms with van der Waals surface area (Å²) in [5.74, 6) is -0.472. The Balaban J connectivity index is 0.00000441. The van der Waals surface area contributed by atoms with E-state index in [4.69, 9.17) is 14.5 Å². The largest absolute Gasteiger partial charge is 0.472 e. The zero-order valence-electron chi connectivity index (χ0n) is 21.6. The van der Waals surface area contributed by atoms with Crippen LogP contribution in [0.25, 0.3) is 5.52 Å². The van der Waals surface area contributed by atoms with Gasteiger partial charge in [0.2, 0.25) is 6.79 Å². The lowest BCUT2D eigenvalue weighted by atomic mass is 10.1. The summed E-state index contributed by atoms with van der Waals surface area (Å²) in [5.41, 5.74) is 3.11. The van der Waals surface area contributed by atoms with Crippen LogP contribution in [0.1, 0.15) is 59.5 Å². The number of aryl methyl sites for hydroxylation is 2. The number of nitrogens with one attached hydrogen (secondary N) is 2. The van der Waals surface area contributed by atoms with Crippen LogP contribution in [0.15, 0.2) is 30.7 Å². The molecule has 1 saturated carbocycles. The molecular formula is C24H31N6O8P. The van der Waals surface area contributed by atoms with Crippen LogP contribution in [-0.4, -0.2) is 66.6 Å². The molecule has 0 spiro atoms. The van der Waals surface area contributed by atoms with Crippen molar-refractivity contribution < 1.29 is 39.4 Å². The maximum atomic E-state index is 13.4. The lowest BCUT2D eigenvalue weighted by molar-refractivity contribution is 0.0203. The summed E-state index contributed by atoms with van der Waals surface area (Å²) in [6.45, 7) is 4.27. The Labute approximate surface area is 225 Å². The standard InChI is InChI=1S/C24H29N6O8P.H2/c1-4-9-29(24(33)37-13-38-39(34,35)36)23(32)18-11-30-20(15(18)3)21(25-12-26-30)28-19-10-16(6-5-14(19)2)22(31)27-17-7-8-17;/h5-6,10-12,17H,4,7-9,13H2,1-3H3,(H,27,31)(H,25,26,28)(H2,34,35,36);1H. The fourth-order valence-electron chi connectivity index (χ4n) is 3.86. The number of imide groups is 1. The first-order chi connectivity index (χ1) is 18.5. The minimum Gasteiger partial charge on any atom is -0.421 e. The Bertz CT molecular complexity index is 1470. The van der Waals surface area contributed by atoms with Crippen LogP contribution in [-0.2, 0) is 13.8 Å². The van der Waals surface area contributed by atoms with Crippen molar-refractivity contribution in [3.8, 4) is 0 Å². The van der Waals surface area contributed by atoms with Crippen LogP contribution >= 0.6 is 7.82 Å². The number of carbonyl (C=O) groups excluding carboxylic acids is 3. The van der Waals surface area contributed by atoms with Gasteiger partial charge < -0.3 is 25.2 Å². The second-order valence-electron chi connectivity index (χ2n) is 9.08. The fourth-order valence-corrected chi connectivity index (χ4v) is 4.05. The van der Waals surface area contributed by atoms with Gasteiger partial charge in [0, 0.05) is 31.5 Å². The molecule has 39 heavy (non-hydrogen) atoms. The highest BCUT2D eigenvalue weighted by Crippen LogP contribution is 2.35. The summed E-state index contributed by atoms with van der Waals surface area (Å²) < 4.78 is 21.2. The highest BCUT2D eigenvalue weighted by molar-refractivity contribution is 7.46. The lowest BCUT2D eigenvalue weighted by Crippen LogP contribution is -2.38. The molecule has 4 N–H and O–H groups in total. The first-order valence-electron chi connectivity index (χ1n) is 12.2. The molecule has 2 aromatic heterocycles. The van der Waals surface area contributed by atoms with Gasteiger partial charge in [-0.3, -0.25) is 9.59 Å². The lowest BCUT2D eigenvalue weighted by Gasteiger charge is -2.19. The Hall–Kier alpha value is -3.84. The number of phosphoric acid groups is 1. The highest BCUT2D eigenvalue weighted by atomic mass is 31.2. The van der Waals surface area contributed by atoms with Gasteiger partial charge in [0.25, 0.3) is 11.8 Å². The van der Waals surface area contributed by atoms with Crippen molar-refractivity contribution in [2.45, 2.75) is 46.1 Å². The molecule has 210 valence electrons. The number of fused-ring (bicyclic) bond motifs is 1. The third kappa shape index (κ3) is 6.79. The van der Waals surface area contributed by atoms with E-state index in [9.17, 15) is 18.9 Å². The van der Waals surface area contributed by atoms with Crippen LogP contribution in [0.3, 0.4) is 0 Å². The van der Waals surface area contributed by atoms with Crippen molar-refractivity contribution in [1.29, 1.82) is 0 Å². The maximum absolute atomic E-state index is 13.4. The molecule has 0 bridgehead atoms. The zero-order valence-corrected chi connectivity index (χ0v) is 22.5. The number of nitrogens with zero attached hydrogens (tertiary/aromatic N) is 4. The summed E-state index contributed by atoms with van der Waals surface area (Å²) in [7, 11) is -4.86. The highest BCUT2D eigenvalue weighted by Gasteiger charge is 2.29. The van der Waals surface area contributed by atoms with Gasteiger partial charge in [-0.25, -0.2) is 28.3 Å². The van der Waals surface area contributed by atoms with Crippen LogP contribution < -0.4 is 10.6 Å². The summed E-state index contributed by atoms with van der Waals surface area (Å²) >= 11 is 0. The van der Waals surface area contributed by atoms with E-state index in [0.717, 1.165) is 23.3 Å². The number of ether oxygens (including phenoxy) is 1. The van der Waals surface area contributed by atoms with Gasteiger partial charge in [-0.1, -0.05) is 13.0 Å². The van der Waals surface area contributed by atoms with Crippen molar-refractivity contribution >= 4 is 42.8 Å². The van der Waals surface area contributed by atoms with Crippen molar-refractivity contribution in [2.75, 3.05) is 18.7 Å². The molecule has 0 aliphatic heterocycles. The van der Waals surface area contributed by atoms with E-state index in [-0.39, 0.29) is 25.5 Å². The number of carbonyl (C=O) groups is 3. The van der Waals surface area contributed by atoms with Crippen molar-refractivity contribution in [1.82, 2.24) is 24.8 Å². The van der Waals surface area contributed by atoms with E-state index < -0.39 is 26.6 Å². The van der Waals surface area contributed by atoms with E-state index in [0.29, 0.717) is 34.6 Å². The summed E-state index contributed by atoms with van der Waals surface area (Å²) in [4.78, 5) is 61.2. The van der Waals surface area contributed by atoms with Crippen LogP contribution in [0, 0.1) is 13.8 Å². The van der Waals surface area contributed by atoms with E-state index in [1.165, 1.54) is 17.0 Å². The molecule has 1 aliphatic carbocycles. The average Bonchev–Trinajstić information content (AvgIpc) is 3.62. The number of phosphoric ester groups is 1. The van der Waals surface area contributed by atoms with Crippen LogP contribution in [0.2, 0.25) is 0 Å². The molecule has 3 amide bonds. The molecule has 0 atom stereocenters. The average molecular weight is 563 g/mol. The minimum absolute atomic E-state index is 0. The smallest absolute Gasteiger partial charge is 0.421 e. The van der Waals surface area contributed by atoms with Gasteiger partial charge in [-0.05, 0) is 56.4 Å². The van der Waals surface area contributed by atoms with Crippen molar-refractivity contribution in [3.63, 3.8) is 0 Å². The number of anilines is 2. The number of hydrogen-bond donors (Lipinski definition) is 4. The number of rotatable bonds is 10. The Kier molecular flexibility index (Phi) is 8.31. The first-order valence-corrected chi connectivity index (χ1v) is 13.7. The van der Waals surface area contributed by atoms with E-state index in [1.807, 2.05) is 13.0 Å². The quantitative estimate of drug-likeness (QED) is 0.210. The molecule has 0 unspecified atom stereocenters. The molecule has 14 nitrogen and oxygen atoms in total. The normalized spacial score (nSPS) is 13.3. The van der Waals surface area contributed by atoms with Gasteiger partial charge >= 0.3 is 13.9 Å². The van der Waals surface area contributed by atoms with Gasteiger partial charge in [-0.15, -0.1) is 0 Å². The minimum atomic E-state index is -4.86. The molecular weight excluding hydrogens is 531 g/mol. The summed E-state index contributed by atoms with van der Waals surface area (Å²) in [5, 5.41) is 10.4. The monoisotopic (exact) mass is 562 g/mol. The Morgan fingerprint density at radius 2 is 2.00 bits per heavy atom. The zero-order chi connectivity index (χ0) is 28.3. The number of benzene rings is 1. The molecule has 0 saturated heterocycles. The summed E-state index contributed by atoms with van der Waals surface area (Å²) in [6.07, 6.45) is 4.00. The Morgan fingerprint density at radius 3 is 2.67 bits per heavy atom. The number of aromatic nitrogens is 3. The maximum Gasteiger partial charge on any atom is 0.472 e. The molecule has 2 heterocycles. The second-order valence-corrected chi connectivity index (χ2v) is 10.3. The summed E-state index contributed by atoms with van der Waals surface area (Å²) in [6, 6.07) is 5.53. The molecule has 0 radical (unpaired) electrons. The molecule has 1 aliphatic rings. The second kappa shape index (κ2) is 11.5. The number of amides is 3. The molecule has 4 rings (SSSR count). The van der Waals surface area contributed by atoms with E-state index in [1.54, 1.807) is 26.0 Å². The van der Waals surface area contributed by atoms with Crippen LogP contribution in [0.5, 0.6) is 0 Å². The van der Waals surface area contributed by atoms with Gasteiger partial charge in [0.15, 0.2) is 5.82 Å². The molecule has 15 heteroatoms. The Morgan fingerprint density at radius 1 is 1.26 bits per heavy atom. The van der Waals surface area contributed by atoms with Gasteiger partial charge in [0.05, 0.1) is 5.56 Å². The van der Waals surface area contributed by atoms with Gasteiger partial charge in [0.1, 0.15) is 11.8 Å².